The Labute approximate surface area is 145 Å². The second kappa shape index (κ2) is 7.18. The van der Waals surface area contributed by atoms with Crippen LogP contribution in [0.2, 0.25) is 0 Å². The van der Waals surface area contributed by atoms with Gasteiger partial charge in [-0.15, -0.1) is 0 Å². The summed E-state index contributed by atoms with van der Waals surface area (Å²) in [5.74, 6) is 2.05. The van der Waals surface area contributed by atoms with E-state index in [2.05, 4.69) is 15.3 Å². The quantitative estimate of drug-likeness (QED) is 0.619. The fraction of sp³-hybridized carbons (Fsp3) is 0.235. The molecule has 0 saturated heterocycles. The smallest absolute Gasteiger partial charge is 0.222 e. The zero-order valence-corrected chi connectivity index (χ0v) is 14.1. The predicted molar refractivity (Wildman–Crippen MR) is 97.8 cm³/mol. The SMILES string of the molecule is COc1ccc(-c2ccc3nc(N)nc(NCCN)c3n2)cc1OC. The van der Waals surface area contributed by atoms with E-state index in [1.54, 1.807) is 14.2 Å². The van der Waals surface area contributed by atoms with Crippen molar-refractivity contribution in [2.75, 3.05) is 38.4 Å². The zero-order valence-electron chi connectivity index (χ0n) is 14.1. The van der Waals surface area contributed by atoms with E-state index in [0.717, 1.165) is 11.3 Å². The van der Waals surface area contributed by atoms with Crippen LogP contribution in [0.5, 0.6) is 11.5 Å². The molecule has 0 bridgehead atoms. The predicted octanol–water partition coefficient (Wildman–Crippen LogP) is 1.66. The van der Waals surface area contributed by atoms with Crippen molar-refractivity contribution in [3.63, 3.8) is 0 Å². The van der Waals surface area contributed by atoms with Crippen LogP contribution in [0.1, 0.15) is 0 Å². The fourth-order valence-corrected chi connectivity index (χ4v) is 2.50. The molecule has 5 N–H and O–H groups in total. The van der Waals surface area contributed by atoms with E-state index in [9.17, 15) is 0 Å². The molecule has 25 heavy (non-hydrogen) atoms. The van der Waals surface area contributed by atoms with Crippen molar-refractivity contribution in [3.8, 4) is 22.8 Å². The van der Waals surface area contributed by atoms with Crippen molar-refractivity contribution < 1.29 is 9.47 Å². The number of ether oxygens (including phenoxy) is 2. The Kier molecular flexibility index (Phi) is 4.80. The molecule has 0 fully saturated rings. The van der Waals surface area contributed by atoms with Crippen LogP contribution >= 0.6 is 0 Å². The van der Waals surface area contributed by atoms with Gasteiger partial charge in [0, 0.05) is 18.7 Å². The van der Waals surface area contributed by atoms with Gasteiger partial charge >= 0.3 is 0 Å². The topological polar surface area (TPSA) is 121 Å². The molecular weight excluding hydrogens is 320 g/mol. The van der Waals surface area contributed by atoms with Crippen LogP contribution in [0.4, 0.5) is 11.8 Å². The number of fused-ring (bicyclic) bond motifs is 1. The van der Waals surface area contributed by atoms with Gasteiger partial charge in [-0.2, -0.15) is 4.98 Å². The zero-order chi connectivity index (χ0) is 17.8. The van der Waals surface area contributed by atoms with Crippen molar-refractivity contribution in [3.05, 3.63) is 30.3 Å². The number of nitrogens with two attached hydrogens (primary N) is 2. The van der Waals surface area contributed by atoms with Crippen molar-refractivity contribution in [1.29, 1.82) is 0 Å². The molecular formula is C17H20N6O2. The third kappa shape index (κ3) is 3.38. The number of nitrogens with one attached hydrogen (secondary N) is 1. The van der Waals surface area contributed by atoms with Gasteiger partial charge in [0.2, 0.25) is 5.95 Å². The number of benzene rings is 1. The summed E-state index contributed by atoms with van der Waals surface area (Å²) in [6.07, 6.45) is 0. The first-order chi connectivity index (χ1) is 12.2. The second-order valence-corrected chi connectivity index (χ2v) is 5.28. The van der Waals surface area contributed by atoms with Gasteiger partial charge in [-0.25, -0.2) is 9.97 Å². The minimum Gasteiger partial charge on any atom is -0.493 e. The van der Waals surface area contributed by atoms with Gasteiger partial charge in [-0.3, -0.25) is 0 Å². The number of hydrogen-bond acceptors (Lipinski definition) is 8. The van der Waals surface area contributed by atoms with Gasteiger partial charge in [0.15, 0.2) is 17.3 Å². The average Bonchev–Trinajstić information content (AvgIpc) is 2.65. The monoisotopic (exact) mass is 340 g/mol. The normalized spacial score (nSPS) is 10.7. The van der Waals surface area contributed by atoms with E-state index < -0.39 is 0 Å². The van der Waals surface area contributed by atoms with Crippen molar-refractivity contribution in [2.45, 2.75) is 0 Å². The van der Waals surface area contributed by atoms with E-state index in [1.165, 1.54) is 0 Å². The molecule has 0 aliphatic rings. The molecule has 130 valence electrons. The van der Waals surface area contributed by atoms with E-state index in [4.69, 9.17) is 25.9 Å². The van der Waals surface area contributed by atoms with Gasteiger partial charge in [0.25, 0.3) is 0 Å². The van der Waals surface area contributed by atoms with Gasteiger partial charge < -0.3 is 26.3 Å². The summed E-state index contributed by atoms with van der Waals surface area (Å²) in [6.45, 7) is 1.04. The third-order valence-electron chi connectivity index (χ3n) is 3.68. The Bertz CT molecular complexity index is 900. The lowest BCUT2D eigenvalue weighted by atomic mass is 10.1. The molecule has 0 spiro atoms. The van der Waals surface area contributed by atoms with Crippen molar-refractivity contribution in [2.24, 2.45) is 5.73 Å². The maximum absolute atomic E-state index is 5.76. The molecule has 3 aromatic rings. The number of anilines is 2. The molecule has 0 unspecified atom stereocenters. The van der Waals surface area contributed by atoms with E-state index >= 15 is 0 Å². The summed E-state index contributed by atoms with van der Waals surface area (Å²) in [4.78, 5) is 13.1. The molecule has 0 radical (unpaired) electrons. The molecule has 0 atom stereocenters. The Morgan fingerprint density at radius 3 is 2.52 bits per heavy atom. The van der Waals surface area contributed by atoms with Gasteiger partial charge in [0.1, 0.15) is 5.52 Å². The standard InChI is InChI=1S/C17H20N6O2/c1-24-13-6-3-10(9-14(13)25-2)11-4-5-12-15(21-11)16(20-8-7-18)23-17(19)22-12/h3-6,9H,7-8,18H2,1-2H3,(H3,19,20,22,23). The van der Waals surface area contributed by atoms with Crippen LogP contribution in [0, 0.1) is 0 Å². The van der Waals surface area contributed by atoms with Crippen LogP contribution in [0.15, 0.2) is 30.3 Å². The highest BCUT2D eigenvalue weighted by molar-refractivity contribution is 5.88. The lowest BCUT2D eigenvalue weighted by Gasteiger charge is -2.11. The highest BCUT2D eigenvalue weighted by Gasteiger charge is 2.11. The van der Waals surface area contributed by atoms with Crippen molar-refractivity contribution in [1.82, 2.24) is 15.0 Å². The molecule has 8 nitrogen and oxygen atoms in total. The minimum atomic E-state index is 0.188. The Morgan fingerprint density at radius 2 is 1.80 bits per heavy atom. The lowest BCUT2D eigenvalue weighted by molar-refractivity contribution is 0.355. The largest absolute Gasteiger partial charge is 0.493 e. The van der Waals surface area contributed by atoms with Crippen LogP contribution in [-0.2, 0) is 0 Å². The highest BCUT2D eigenvalue weighted by Crippen LogP contribution is 2.32. The first-order valence-corrected chi connectivity index (χ1v) is 7.77. The van der Waals surface area contributed by atoms with Gasteiger partial charge in [0.05, 0.1) is 25.4 Å². The molecule has 0 amide bonds. The summed E-state index contributed by atoms with van der Waals surface area (Å²) in [6, 6.07) is 9.37. The van der Waals surface area contributed by atoms with Crippen LogP contribution < -0.4 is 26.3 Å². The summed E-state index contributed by atoms with van der Waals surface area (Å²) in [5, 5.41) is 3.13. The van der Waals surface area contributed by atoms with Crippen molar-refractivity contribution >= 4 is 22.8 Å². The second-order valence-electron chi connectivity index (χ2n) is 5.28. The number of aromatic nitrogens is 3. The molecule has 0 saturated carbocycles. The minimum absolute atomic E-state index is 0.188. The average molecular weight is 340 g/mol. The van der Waals surface area contributed by atoms with Gasteiger partial charge in [-0.1, -0.05) is 0 Å². The maximum Gasteiger partial charge on any atom is 0.222 e. The Hall–Kier alpha value is -3.13. The number of nitrogens with zero attached hydrogens (tertiary/aromatic N) is 3. The molecule has 1 aromatic carbocycles. The Morgan fingerprint density at radius 1 is 1.00 bits per heavy atom. The molecule has 3 rings (SSSR count). The first-order valence-electron chi connectivity index (χ1n) is 7.77. The summed E-state index contributed by atoms with van der Waals surface area (Å²) in [5.41, 5.74) is 14.3. The van der Waals surface area contributed by atoms with Gasteiger partial charge in [-0.05, 0) is 30.3 Å². The molecule has 0 aliphatic carbocycles. The van der Waals surface area contributed by atoms with Crippen LogP contribution in [0.25, 0.3) is 22.3 Å². The highest BCUT2D eigenvalue weighted by atomic mass is 16.5. The van der Waals surface area contributed by atoms with Crippen LogP contribution in [0.3, 0.4) is 0 Å². The fourth-order valence-electron chi connectivity index (χ4n) is 2.50. The van der Waals surface area contributed by atoms with E-state index in [-0.39, 0.29) is 5.95 Å². The number of pyridine rings is 1. The number of rotatable bonds is 6. The van der Waals surface area contributed by atoms with E-state index in [0.29, 0.717) is 41.4 Å². The van der Waals surface area contributed by atoms with E-state index in [1.807, 2.05) is 30.3 Å². The maximum atomic E-state index is 5.76. The Balaban J connectivity index is 2.10. The third-order valence-corrected chi connectivity index (χ3v) is 3.68. The molecule has 2 heterocycles. The molecule has 2 aromatic heterocycles. The number of methoxy groups -OCH3 is 2. The summed E-state index contributed by atoms with van der Waals surface area (Å²) < 4.78 is 10.6. The van der Waals surface area contributed by atoms with Crippen LogP contribution in [-0.4, -0.2) is 42.3 Å². The summed E-state index contributed by atoms with van der Waals surface area (Å²) in [7, 11) is 3.20. The number of nitrogen functional groups attached to an aromatic ring is 1. The first kappa shape index (κ1) is 16.7. The summed E-state index contributed by atoms with van der Waals surface area (Å²) >= 11 is 0. The number of hydrogen-bond donors (Lipinski definition) is 3. The lowest BCUT2D eigenvalue weighted by Crippen LogP contribution is -2.15. The molecule has 0 aliphatic heterocycles. The molecule has 8 heteroatoms.